The van der Waals surface area contributed by atoms with Crippen LogP contribution in [0.15, 0.2) is 34.9 Å². The SMILES string of the molecule is Nc1ccc(-c2cc(N)on2)cc1. The van der Waals surface area contributed by atoms with Gasteiger partial charge < -0.3 is 16.0 Å². The van der Waals surface area contributed by atoms with E-state index in [2.05, 4.69) is 5.16 Å². The van der Waals surface area contributed by atoms with E-state index in [0.717, 1.165) is 16.9 Å². The maximum atomic E-state index is 5.54. The molecule has 0 fully saturated rings. The lowest BCUT2D eigenvalue weighted by molar-refractivity contribution is 0.439. The minimum absolute atomic E-state index is 0.312. The van der Waals surface area contributed by atoms with Gasteiger partial charge in [-0.1, -0.05) is 17.3 Å². The molecular weight excluding hydrogens is 166 g/mol. The number of hydrogen-bond acceptors (Lipinski definition) is 4. The predicted octanol–water partition coefficient (Wildman–Crippen LogP) is 1.51. The van der Waals surface area contributed by atoms with Crippen molar-refractivity contribution in [2.24, 2.45) is 0 Å². The van der Waals surface area contributed by atoms with E-state index in [1.807, 2.05) is 12.1 Å². The van der Waals surface area contributed by atoms with E-state index >= 15 is 0 Å². The molecule has 4 N–H and O–H groups in total. The zero-order valence-electron chi connectivity index (χ0n) is 6.90. The molecule has 4 nitrogen and oxygen atoms in total. The van der Waals surface area contributed by atoms with E-state index in [-0.39, 0.29) is 0 Å². The smallest absolute Gasteiger partial charge is 0.222 e. The van der Waals surface area contributed by atoms with E-state index in [1.54, 1.807) is 18.2 Å². The molecule has 4 heteroatoms. The van der Waals surface area contributed by atoms with Gasteiger partial charge in [0, 0.05) is 17.3 Å². The van der Waals surface area contributed by atoms with E-state index < -0.39 is 0 Å². The molecule has 0 aliphatic rings. The van der Waals surface area contributed by atoms with E-state index in [9.17, 15) is 0 Å². The normalized spacial score (nSPS) is 10.2. The zero-order chi connectivity index (χ0) is 9.26. The molecule has 0 bridgehead atoms. The van der Waals surface area contributed by atoms with Gasteiger partial charge in [-0.05, 0) is 12.1 Å². The Morgan fingerprint density at radius 2 is 1.77 bits per heavy atom. The molecular formula is C9H9N3O. The Kier molecular flexibility index (Phi) is 1.66. The predicted molar refractivity (Wildman–Crippen MR) is 50.8 cm³/mol. The average molecular weight is 175 g/mol. The molecule has 0 radical (unpaired) electrons. The Labute approximate surface area is 75.1 Å². The van der Waals surface area contributed by atoms with Crippen molar-refractivity contribution in [2.45, 2.75) is 0 Å². The van der Waals surface area contributed by atoms with Crippen LogP contribution in [0.4, 0.5) is 11.6 Å². The van der Waals surface area contributed by atoms with Gasteiger partial charge in [0.05, 0.1) is 0 Å². The summed E-state index contributed by atoms with van der Waals surface area (Å²) in [6.07, 6.45) is 0. The molecule has 0 saturated carbocycles. The number of nitrogens with two attached hydrogens (primary N) is 2. The molecule has 0 unspecified atom stereocenters. The number of aromatic nitrogens is 1. The zero-order valence-corrected chi connectivity index (χ0v) is 6.90. The molecule has 0 spiro atoms. The summed E-state index contributed by atoms with van der Waals surface area (Å²) >= 11 is 0. The maximum Gasteiger partial charge on any atom is 0.222 e. The maximum absolute atomic E-state index is 5.54. The monoisotopic (exact) mass is 175 g/mol. The Morgan fingerprint density at radius 3 is 2.31 bits per heavy atom. The van der Waals surface area contributed by atoms with E-state index in [4.69, 9.17) is 16.0 Å². The first-order chi connectivity index (χ1) is 6.25. The molecule has 0 saturated heterocycles. The van der Waals surface area contributed by atoms with Gasteiger partial charge in [0.2, 0.25) is 5.88 Å². The van der Waals surface area contributed by atoms with Crippen molar-refractivity contribution in [1.82, 2.24) is 5.16 Å². The Morgan fingerprint density at radius 1 is 1.08 bits per heavy atom. The van der Waals surface area contributed by atoms with Crippen molar-refractivity contribution in [3.63, 3.8) is 0 Å². The highest BCUT2D eigenvalue weighted by molar-refractivity contribution is 5.63. The number of hydrogen-bond donors (Lipinski definition) is 2. The fourth-order valence-corrected chi connectivity index (χ4v) is 1.08. The van der Waals surface area contributed by atoms with Gasteiger partial charge in [-0.25, -0.2) is 0 Å². The van der Waals surface area contributed by atoms with E-state index in [1.165, 1.54) is 0 Å². The average Bonchev–Trinajstić information content (AvgIpc) is 2.53. The fraction of sp³-hybridized carbons (Fsp3) is 0. The third-order valence-corrected chi connectivity index (χ3v) is 1.73. The van der Waals surface area contributed by atoms with Gasteiger partial charge >= 0.3 is 0 Å². The van der Waals surface area contributed by atoms with Crippen LogP contribution in [0, 0.1) is 0 Å². The van der Waals surface area contributed by atoms with Crippen molar-refractivity contribution in [3.8, 4) is 11.3 Å². The molecule has 1 aromatic carbocycles. The van der Waals surface area contributed by atoms with Crippen LogP contribution < -0.4 is 11.5 Å². The molecule has 1 heterocycles. The van der Waals surface area contributed by atoms with Crippen molar-refractivity contribution in [3.05, 3.63) is 30.3 Å². The summed E-state index contributed by atoms with van der Waals surface area (Å²) < 4.78 is 4.75. The van der Waals surface area contributed by atoms with Crippen molar-refractivity contribution >= 4 is 11.6 Å². The first kappa shape index (κ1) is 7.67. The topological polar surface area (TPSA) is 78.1 Å². The van der Waals surface area contributed by atoms with Crippen LogP contribution >= 0.6 is 0 Å². The standard InChI is InChI=1S/C9H9N3O/c10-7-3-1-6(2-4-7)8-5-9(11)13-12-8/h1-5H,10-11H2. The summed E-state index contributed by atoms with van der Waals surface area (Å²) in [6.45, 7) is 0. The van der Waals surface area contributed by atoms with Crippen molar-refractivity contribution < 1.29 is 4.52 Å². The van der Waals surface area contributed by atoms with Crippen molar-refractivity contribution in [2.75, 3.05) is 11.5 Å². The van der Waals surface area contributed by atoms with Gasteiger partial charge in [0.15, 0.2) is 0 Å². The summed E-state index contributed by atoms with van der Waals surface area (Å²) in [7, 11) is 0. The third kappa shape index (κ3) is 1.46. The van der Waals surface area contributed by atoms with Crippen LogP contribution in [0.25, 0.3) is 11.3 Å². The highest BCUT2D eigenvalue weighted by Crippen LogP contribution is 2.20. The number of rotatable bonds is 1. The van der Waals surface area contributed by atoms with Crippen LogP contribution in [-0.2, 0) is 0 Å². The first-order valence-electron chi connectivity index (χ1n) is 3.84. The largest absolute Gasteiger partial charge is 0.399 e. The second-order valence-electron chi connectivity index (χ2n) is 2.74. The molecule has 0 amide bonds. The quantitative estimate of drug-likeness (QED) is 0.644. The fourth-order valence-electron chi connectivity index (χ4n) is 1.08. The minimum atomic E-state index is 0.312. The molecule has 0 aliphatic carbocycles. The Hall–Kier alpha value is -1.97. The van der Waals surface area contributed by atoms with Crippen LogP contribution in [-0.4, -0.2) is 5.16 Å². The second kappa shape index (κ2) is 2.82. The Bertz CT molecular complexity index is 405. The van der Waals surface area contributed by atoms with Gasteiger partial charge in [0.1, 0.15) is 5.69 Å². The summed E-state index contributed by atoms with van der Waals surface area (Å²) in [6, 6.07) is 9.02. The molecule has 0 atom stereocenters. The third-order valence-electron chi connectivity index (χ3n) is 1.73. The lowest BCUT2D eigenvalue weighted by Crippen LogP contribution is -1.83. The van der Waals surface area contributed by atoms with Gasteiger partial charge in [-0.3, -0.25) is 0 Å². The van der Waals surface area contributed by atoms with Crippen molar-refractivity contribution in [1.29, 1.82) is 0 Å². The highest BCUT2D eigenvalue weighted by Gasteiger charge is 2.02. The number of nitrogens with zero attached hydrogens (tertiary/aromatic N) is 1. The highest BCUT2D eigenvalue weighted by atomic mass is 16.5. The molecule has 0 aliphatic heterocycles. The van der Waals surface area contributed by atoms with Crippen LogP contribution in [0.2, 0.25) is 0 Å². The minimum Gasteiger partial charge on any atom is -0.399 e. The van der Waals surface area contributed by atoms with Crippen LogP contribution in [0.1, 0.15) is 0 Å². The van der Waals surface area contributed by atoms with E-state index in [0.29, 0.717) is 5.88 Å². The number of benzene rings is 1. The molecule has 13 heavy (non-hydrogen) atoms. The number of anilines is 2. The van der Waals surface area contributed by atoms with Crippen LogP contribution in [0.5, 0.6) is 0 Å². The molecule has 1 aromatic heterocycles. The second-order valence-corrected chi connectivity index (χ2v) is 2.74. The van der Waals surface area contributed by atoms with Gasteiger partial charge in [0.25, 0.3) is 0 Å². The van der Waals surface area contributed by atoms with Gasteiger partial charge in [-0.2, -0.15) is 0 Å². The molecule has 66 valence electrons. The lowest BCUT2D eigenvalue weighted by atomic mass is 10.1. The summed E-state index contributed by atoms with van der Waals surface area (Å²) in [5, 5.41) is 3.77. The first-order valence-corrected chi connectivity index (χ1v) is 3.84. The Balaban J connectivity index is 2.41. The number of nitrogen functional groups attached to an aromatic ring is 2. The molecule has 2 aromatic rings. The van der Waals surface area contributed by atoms with Crippen LogP contribution in [0.3, 0.4) is 0 Å². The summed E-state index contributed by atoms with van der Waals surface area (Å²) in [5.41, 5.74) is 13.3. The van der Waals surface area contributed by atoms with Gasteiger partial charge in [-0.15, -0.1) is 0 Å². The summed E-state index contributed by atoms with van der Waals surface area (Å²) in [4.78, 5) is 0. The summed E-state index contributed by atoms with van der Waals surface area (Å²) in [5.74, 6) is 0.312. The molecule has 2 rings (SSSR count). The lowest BCUT2D eigenvalue weighted by Gasteiger charge is -1.94.